The van der Waals surface area contributed by atoms with Gasteiger partial charge >= 0.3 is 5.97 Å². The first kappa shape index (κ1) is 33.5. The SMILES string of the molecule is C#Cc1cc2c(s1)C(c1ccccc1)=NC(COOCCCOC(=O)C1N=C(c3ccccc3)c3sc(C#C)cc3N(C)C1=O)C(=O)N2C. The third-order valence-electron chi connectivity index (χ3n) is 7.83. The zero-order valence-electron chi connectivity index (χ0n) is 26.6. The third kappa shape index (κ3) is 6.95. The Bertz CT molecular complexity index is 2040. The van der Waals surface area contributed by atoms with Gasteiger partial charge < -0.3 is 14.5 Å². The van der Waals surface area contributed by atoms with Crippen molar-refractivity contribution in [3.05, 3.63) is 103 Å². The lowest BCUT2D eigenvalue weighted by Gasteiger charge is -2.18. The molecule has 2 unspecified atom stereocenters. The molecule has 2 atom stereocenters. The van der Waals surface area contributed by atoms with Gasteiger partial charge in [-0.3, -0.25) is 19.6 Å². The second-order valence-corrected chi connectivity index (χ2v) is 13.1. The Hall–Kier alpha value is -5.37. The van der Waals surface area contributed by atoms with Gasteiger partial charge in [0.15, 0.2) is 6.04 Å². The quantitative estimate of drug-likeness (QED) is 0.0595. The number of esters is 1. The highest BCUT2D eigenvalue weighted by Gasteiger charge is 2.37. The summed E-state index contributed by atoms with van der Waals surface area (Å²) >= 11 is 2.72. The molecule has 0 fully saturated rings. The molecule has 2 aromatic heterocycles. The van der Waals surface area contributed by atoms with Crippen LogP contribution in [-0.2, 0) is 28.9 Å². The molecule has 0 aliphatic carbocycles. The lowest BCUT2D eigenvalue weighted by molar-refractivity contribution is -0.296. The molecular weight excluding hydrogens is 661 g/mol. The van der Waals surface area contributed by atoms with E-state index in [9.17, 15) is 14.4 Å². The minimum atomic E-state index is -1.40. The minimum absolute atomic E-state index is 0.0476. The van der Waals surface area contributed by atoms with E-state index in [0.29, 0.717) is 37.4 Å². The van der Waals surface area contributed by atoms with Crippen LogP contribution in [-0.4, -0.2) is 75.2 Å². The number of nitrogens with zero attached hydrogens (tertiary/aromatic N) is 4. The molecule has 2 amide bonds. The zero-order chi connectivity index (χ0) is 34.5. The third-order valence-corrected chi connectivity index (χ3v) is 9.95. The van der Waals surface area contributed by atoms with Gasteiger partial charge in [0.05, 0.1) is 55.5 Å². The number of anilines is 2. The molecule has 10 nitrogen and oxygen atoms in total. The van der Waals surface area contributed by atoms with Crippen LogP contribution < -0.4 is 9.80 Å². The van der Waals surface area contributed by atoms with Gasteiger partial charge in [0.2, 0.25) is 6.04 Å². The molecule has 246 valence electrons. The van der Waals surface area contributed by atoms with Gasteiger partial charge in [0.1, 0.15) is 6.61 Å². The van der Waals surface area contributed by atoms with E-state index in [1.54, 1.807) is 26.2 Å². The number of rotatable bonds is 10. The maximum Gasteiger partial charge on any atom is 0.340 e. The molecule has 0 spiro atoms. The molecule has 2 aliphatic heterocycles. The van der Waals surface area contributed by atoms with E-state index in [2.05, 4.69) is 16.8 Å². The first-order valence-corrected chi connectivity index (χ1v) is 16.9. The van der Waals surface area contributed by atoms with Crippen molar-refractivity contribution in [2.45, 2.75) is 18.5 Å². The molecule has 0 bridgehead atoms. The highest BCUT2D eigenvalue weighted by molar-refractivity contribution is 7.16. The van der Waals surface area contributed by atoms with Gasteiger partial charge in [-0.15, -0.1) is 35.5 Å². The van der Waals surface area contributed by atoms with Crippen LogP contribution in [0.1, 0.15) is 37.1 Å². The molecule has 0 N–H and O–H groups in total. The molecule has 0 radical (unpaired) electrons. The van der Waals surface area contributed by atoms with E-state index in [1.807, 2.05) is 60.7 Å². The topological polar surface area (TPSA) is 110 Å². The van der Waals surface area contributed by atoms with Crippen molar-refractivity contribution < 1.29 is 28.9 Å². The van der Waals surface area contributed by atoms with Crippen LogP contribution in [0.2, 0.25) is 0 Å². The standard InChI is InChI=1S/C37H30N4O6S2/c1-5-25-20-28-33(48-25)30(23-14-9-7-10-15-23)38-27(35(42)40(28)3)22-47-46-19-13-18-45-37(44)32-36(43)41(4)29-21-26(6-2)49-34(29)31(39-32)24-16-11-8-12-17-24/h1-2,7-12,14-17,20-21,27,32H,13,18-19,22H2,3-4H3. The molecule has 2 aromatic carbocycles. The van der Waals surface area contributed by atoms with E-state index < -0.39 is 24.0 Å². The number of amides is 2. The largest absolute Gasteiger partial charge is 0.464 e. The summed E-state index contributed by atoms with van der Waals surface area (Å²) in [5.74, 6) is 3.68. The molecule has 0 saturated heterocycles. The summed E-state index contributed by atoms with van der Waals surface area (Å²) in [5, 5.41) is 0. The number of hydrogen-bond acceptors (Lipinski definition) is 10. The van der Waals surface area contributed by atoms with E-state index in [4.69, 9.17) is 32.4 Å². The molecule has 2 aliphatic rings. The summed E-state index contributed by atoms with van der Waals surface area (Å²) in [6, 6.07) is 20.1. The fourth-order valence-corrected chi connectivity index (χ4v) is 7.34. The second kappa shape index (κ2) is 14.8. The van der Waals surface area contributed by atoms with E-state index in [1.165, 1.54) is 32.5 Å². The van der Waals surface area contributed by atoms with Gasteiger partial charge in [0, 0.05) is 31.6 Å². The monoisotopic (exact) mass is 690 g/mol. The number of ether oxygens (including phenoxy) is 1. The van der Waals surface area contributed by atoms with Gasteiger partial charge in [-0.1, -0.05) is 72.5 Å². The van der Waals surface area contributed by atoms with E-state index in [0.717, 1.165) is 16.0 Å². The van der Waals surface area contributed by atoms with Crippen molar-refractivity contribution in [3.63, 3.8) is 0 Å². The number of aliphatic imine (C=N–C) groups is 2. The van der Waals surface area contributed by atoms with Gasteiger partial charge in [-0.05, 0) is 12.1 Å². The molecule has 49 heavy (non-hydrogen) atoms. The highest BCUT2D eigenvalue weighted by Crippen LogP contribution is 2.36. The van der Waals surface area contributed by atoms with Crippen LogP contribution >= 0.6 is 22.7 Å². The van der Waals surface area contributed by atoms with Gasteiger partial charge in [-0.2, -0.15) is 0 Å². The van der Waals surface area contributed by atoms with Gasteiger partial charge in [-0.25, -0.2) is 14.6 Å². The predicted octanol–water partition coefficient (Wildman–Crippen LogP) is 4.72. The van der Waals surface area contributed by atoms with E-state index >= 15 is 0 Å². The molecule has 0 saturated carbocycles. The van der Waals surface area contributed by atoms with Crippen LogP contribution in [0.3, 0.4) is 0 Å². The van der Waals surface area contributed by atoms with Crippen LogP contribution in [0, 0.1) is 24.7 Å². The Balaban J connectivity index is 1.07. The first-order valence-electron chi connectivity index (χ1n) is 15.2. The second-order valence-electron chi connectivity index (χ2n) is 11.0. The summed E-state index contributed by atoms with van der Waals surface area (Å²) in [5.41, 5.74) is 3.98. The number of carbonyl (C=O) groups excluding carboxylic acids is 3. The summed E-state index contributed by atoms with van der Waals surface area (Å²) in [6.07, 6.45) is 11.6. The van der Waals surface area contributed by atoms with Crippen molar-refractivity contribution in [2.75, 3.05) is 43.7 Å². The smallest absolute Gasteiger partial charge is 0.340 e. The van der Waals surface area contributed by atoms with Crippen LogP contribution in [0.4, 0.5) is 11.4 Å². The molecule has 4 aromatic rings. The minimum Gasteiger partial charge on any atom is -0.464 e. The molecule has 12 heteroatoms. The summed E-state index contributed by atoms with van der Waals surface area (Å²) < 4.78 is 5.46. The molecule has 4 heterocycles. The molecular formula is C37H30N4O6S2. The normalized spacial score (nSPS) is 17.1. The van der Waals surface area contributed by atoms with Crippen molar-refractivity contribution in [3.8, 4) is 24.7 Å². The average Bonchev–Trinajstić information content (AvgIpc) is 3.73. The fraction of sp³-hybridized carbons (Fsp3) is 0.216. The highest BCUT2D eigenvalue weighted by atomic mass is 32.1. The number of fused-ring (bicyclic) bond motifs is 2. The first-order chi connectivity index (χ1) is 23.8. The average molecular weight is 691 g/mol. The van der Waals surface area contributed by atoms with Crippen molar-refractivity contribution in [1.29, 1.82) is 0 Å². The number of thiophene rings is 2. The zero-order valence-corrected chi connectivity index (χ0v) is 28.3. The van der Waals surface area contributed by atoms with Crippen LogP contribution in [0.5, 0.6) is 0 Å². The lowest BCUT2D eigenvalue weighted by Crippen LogP contribution is -2.40. The van der Waals surface area contributed by atoms with Crippen molar-refractivity contribution >= 4 is 63.3 Å². The summed E-state index contributed by atoms with van der Waals surface area (Å²) in [7, 11) is 3.26. The van der Waals surface area contributed by atoms with Crippen molar-refractivity contribution in [1.82, 2.24) is 0 Å². The number of carbonyl (C=O) groups is 3. The maximum atomic E-state index is 13.4. The summed E-state index contributed by atoms with van der Waals surface area (Å²) in [4.78, 5) is 65.8. The van der Waals surface area contributed by atoms with Crippen LogP contribution in [0.15, 0.2) is 82.8 Å². The van der Waals surface area contributed by atoms with E-state index in [-0.39, 0.29) is 32.1 Å². The Kier molecular flexibility index (Phi) is 10.1. The number of benzene rings is 2. The maximum absolute atomic E-state index is 13.4. The Morgan fingerprint density at radius 3 is 1.86 bits per heavy atom. The number of hydrogen-bond donors (Lipinski definition) is 0. The Morgan fingerprint density at radius 2 is 1.31 bits per heavy atom. The lowest BCUT2D eigenvalue weighted by atomic mass is 10.1. The summed E-state index contributed by atoms with van der Waals surface area (Å²) in [6.45, 7) is -0.128. The fourth-order valence-electron chi connectivity index (χ4n) is 5.31. The Labute approximate surface area is 291 Å². The molecule has 6 rings (SSSR count). The Morgan fingerprint density at radius 1 is 0.776 bits per heavy atom. The van der Waals surface area contributed by atoms with Crippen molar-refractivity contribution in [2.24, 2.45) is 9.98 Å². The number of likely N-dealkylation sites (N-methyl/N-ethyl adjacent to an activating group) is 2. The van der Waals surface area contributed by atoms with Gasteiger partial charge in [0.25, 0.3) is 11.8 Å². The predicted molar refractivity (Wildman–Crippen MR) is 191 cm³/mol. The number of terminal acetylenes is 2. The van der Waals surface area contributed by atoms with Crippen LogP contribution in [0.25, 0.3) is 0 Å².